The van der Waals surface area contributed by atoms with Crippen molar-refractivity contribution >= 4 is 17.5 Å². The Hall–Kier alpha value is -1.72. The lowest BCUT2D eigenvalue weighted by Gasteiger charge is -2.07. The summed E-state index contributed by atoms with van der Waals surface area (Å²) in [6, 6.07) is 9.90. The Morgan fingerprint density at radius 2 is 2.00 bits per heavy atom. The molecule has 1 rings (SSSR count). The van der Waals surface area contributed by atoms with Crippen molar-refractivity contribution in [1.29, 1.82) is 0 Å². The molecule has 0 atom stereocenters. The van der Waals surface area contributed by atoms with E-state index in [2.05, 4.69) is 5.92 Å². The molecule has 0 saturated carbocycles. The summed E-state index contributed by atoms with van der Waals surface area (Å²) >= 11 is 1.54. The Morgan fingerprint density at radius 3 is 2.47 bits per heavy atom. The summed E-state index contributed by atoms with van der Waals surface area (Å²) in [5, 5.41) is 0. The van der Waals surface area contributed by atoms with Crippen molar-refractivity contribution in [2.24, 2.45) is 0 Å². The minimum absolute atomic E-state index is 0.0144. The molecule has 0 N–H and O–H groups in total. The first-order chi connectivity index (χ1) is 8.19. The molecule has 1 aromatic carbocycles. The van der Waals surface area contributed by atoms with Gasteiger partial charge in [0, 0.05) is 15.4 Å². The van der Waals surface area contributed by atoms with Crippen LogP contribution in [0.5, 0.6) is 0 Å². The molecule has 0 fully saturated rings. The number of hydrogen-bond acceptors (Lipinski definition) is 2. The van der Waals surface area contributed by atoms with E-state index in [1.54, 1.807) is 11.8 Å². The van der Waals surface area contributed by atoms with Gasteiger partial charge in [0.25, 0.3) is 0 Å². The van der Waals surface area contributed by atoms with E-state index in [1.807, 2.05) is 43.3 Å². The monoisotopic (exact) mass is 242 g/mol. The van der Waals surface area contributed by atoms with Gasteiger partial charge in [-0.05, 0) is 32.1 Å². The van der Waals surface area contributed by atoms with Crippen molar-refractivity contribution in [3.8, 4) is 12.3 Å². The van der Waals surface area contributed by atoms with Crippen LogP contribution < -0.4 is 0 Å². The normalized spacial score (nSPS) is 12.1. The molecule has 0 spiro atoms. The van der Waals surface area contributed by atoms with Crippen molar-refractivity contribution in [3.63, 3.8) is 0 Å². The Labute approximate surface area is 107 Å². The summed E-state index contributed by atoms with van der Waals surface area (Å²) in [5.74, 6) is 2.40. The number of benzene rings is 1. The molecule has 0 amide bonds. The van der Waals surface area contributed by atoms with Crippen molar-refractivity contribution in [2.45, 2.75) is 18.7 Å². The van der Waals surface area contributed by atoms with Crippen molar-refractivity contribution in [1.82, 2.24) is 0 Å². The fourth-order valence-electron chi connectivity index (χ4n) is 1.31. The minimum atomic E-state index is -0.0144. The SMILES string of the molecule is C#C/C=C(C(C)=O)\C(=C/C)Sc1ccccc1. The molecule has 0 unspecified atom stereocenters. The van der Waals surface area contributed by atoms with Gasteiger partial charge in [0.15, 0.2) is 5.78 Å². The molecule has 17 heavy (non-hydrogen) atoms. The molecule has 1 nitrogen and oxygen atoms in total. The minimum Gasteiger partial charge on any atom is -0.294 e. The van der Waals surface area contributed by atoms with E-state index in [0.717, 1.165) is 9.80 Å². The van der Waals surface area contributed by atoms with E-state index >= 15 is 0 Å². The second-order valence-electron chi connectivity index (χ2n) is 3.35. The number of ketones is 1. The van der Waals surface area contributed by atoms with Gasteiger partial charge < -0.3 is 0 Å². The van der Waals surface area contributed by atoms with Crippen LogP contribution in [0.25, 0.3) is 0 Å². The van der Waals surface area contributed by atoms with Gasteiger partial charge in [0.1, 0.15) is 0 Å². The number of carbonyl (C=O) groups excluding carboxylic acids is 1. The second-order valence-corrected chi connectivity index (χ2v) is 4.46. The van der Waals surface area contributed by atoms with Gasteiger partial charge in [0.05, 0.1) is 0 Å². The average molecular weight is 242 g/mol. The molecule has 0 aliphatic rings. The number of allylic oxidation sites excluding steroid dienone is 3. The summed E-state index contributed by atoms with van der Waals surface area (Å²) in [4.78, 5) is 13.5. The largest absolute Gasteiger partial charge is 0.294 e. The van der Waals surface area contributed by atoms with Crippen LogP contribution in [0.2, 0.25) is 0 Å². The molecular weight excluding hydrogens is 228 g/mol. The first-order valence-electron chi connectivity index (χ1n) is 5.26. The van der Waals surface area contributed by atoms with Crippen LogP contribution in [0.15, 0.2) is 57.9 Å². The summed E-state index contributed by atoms with van der Waals surface area (Å²) < 4.78 is 0. The predicted molar refractivity (Wildman–Crippen MR) is 73.7 cm³/mol. The summed E-state index contributed by atoms with van der Waals surface area (Å²) in [6.45, 7) is 3.43. The van der Waals surface area contributed by atoms with Crippen LogP contribution in [-0.2, 0) is 4.79 Å². The van der Waals surface area contributed by atoms with Crippen LogP contribution in [-0.4, -0.2) is 5.78 Å². The second kappa shape index (κ2) is 6.78. The van der Waals surface area contributed by atoms with E-state index in [1.165, 1.54) is 13.0 Å². The summed E-state index contributed by atoms with van der Waals surface area (Å²) in [6.07, 6.45) is 8.66. The highest BCUT2D eigenvalue weighted by Crippen LogP contribution is 2.31. The standard InChI is InChI=1S/C15H14OS/c1-4-9-14(12(3)16)15(5-2)17-13-10-7-6-8-11-13/h1,5-11H,2-3H3/b14-9-,15-5+. The fourth-order valence-corrected chi connectivity index (χ4v) is 2.29. The highest BCUT2D eigenvalue weighted by Gasteiger charge is 2.10. The van der Waals surface area contributed by atoms with E-state index in [0.29, 0.717) is 5.57 Å². The van der Waals surface area contributed by atoms with Crippen molar-refractivity contribution in [2.75, 3.05) is 0 Å². The molecular formula is C15H14OS. The zero-order valence-electron chi connectivity index (χ0n) is 9.94. The van der Waals surface area contributed by atoms with Crippen molar-refractivity contribution < 1.29 is 4.79 Å². The number of terminal acetylenes is 1. The number of carbonyl (C=O) groups is 1. The first kappa shape index (κ1) is 13.3. The zero-order valence-corrected chi connectivity index (χ0v) is 10.8. The lowest BCUT2D eigenvalue weighted by molar-refractivity contribution is -0.113. The van der Waals surface area contributed by atoms with E-state index < -0.39 is 0 Å². The van der Waals surface area contributed by atoms with Gasteiger partial charge in [-0.25, -0.2) is 0 Å². The van der Waals surface area contributed by atoms with Gasteiger partial charge in [-0.2, -0.15) is 0 Å². The predicted octanol–water partition coefficient (Wildman–Crippen LogP) is 3.83. The Bertz CT molecular complexity index is 489. The van der Waals surface area contributed by atoms with E-state index in [-0.39, 0.29) is 5.78 Å². The highest BCUT2D eigenvalue weighted by atomic mass is 32.2. The van der Waals surface area contributed by atoms with Gasteiger partial charge in [-0.1, -0.05) is 42.0 Å². The van der Waals surface area contributed by atoms with Gasteiger partial charge in [0.2, 0.25) is 0 Å². The molecule has 1 aromatic rings. The maximum absolute atomic E-state index is 11.5. The van der Waals surface area contributed by atoms with E-state index in [4.69, 9.17) is 6.42 Å². The van der Waals surface area contributed by atoms with Crippen LogP contribution in [0.4, 0.5) is 0 Å². The Balaban J connectivity index is 2.98. The van der Waals surface area contributed by atoms with Crippen LogP contribution in [0.3, 0.4) is 0 Å². The lowest BCUT2D eigenvalue weighted by Crippen LogP contribution is -1.98. The lowest BCUT2D eigenvalue weighted by atomic mass is 10.1. The molecule has 86 valence electrons. The fraction of sp³-hybridized carbons (Fsp3) is 0.133. The van der Waals surface area contributed by atoms with E-state index in [9.17, 15) is 4.79 Å². The maximum Gasteiger partial charge on any atom is 0.161 e. The maximum atomic E-state index is 11.5. The van der Waals surface area contributed by atoms with Crippen molar-refractivity contribution in [3.05, 3.63) is 53.0 Å². The number of rotatable bonds is 4. The Kier molecular flexibility index (Phi) is 5.32. The summed E-state index contributed by atoms with van der Waals surface area (Å²) in [5.41, 5.74) is 0.587. The number of hydrogen-bond donors (Lipinski definition) is 0. The molecule has 0 bridgehead atoms. The quantitative estimate of drug-likeness (QED) is 0.345. The molecule has 0 aromatic heterocycles. The van der Waals surface area contributed by atoms with Gasteiger partial charge in [-0.3, -0.25) is 4.79 Å². The van der Waals surface area contributed by atoms with Gasteiger partial charge in [-0.15, -0.1) is 6.42 Å². The molecule has 0 aliphatic carbocycles. The molecule has 0 radical (unpaired) electrons. The third-order valence-corrected chi connectivity index (χ3v) is 3.29. The molecule has 0 aliphatic heterocycles. The first-order valence-corrected chi connectivity index (χ1v) is 6.07. The molecule has 0 saturated heterocycles. The molecule has 0 heterocycles. The van der Waals surface area contributed by atoms with Crippen LogP contribution in [0, 0.1) is 12.3 Å². The smallest absolute Gasteiger partial charge is 0.161 e. The average Bonchev–Trinajstić information content (AvgIpc) is 2.34. The summed E-state index contributed by atoms with van der Waals surface area (Å²) in [7, 11) is 0. The highest BCUT2D eigenvalue weighted by molar-refractivity contribution is 8.03. The van der Waals surface area contributed by atoms with Crippen LogP contribution in [0.1, 0.15) is 13.8 Å². The topological polar surface area (TPSA) is 17.1 Å². The third kappa shape index (κ3) is 3.97. The Morgan fingerprint density at radius 1 is 1.35 bits per heavy atom. The van der Waals surface area contributed by atoms with Crippen LogP contribution >= 0.6 is 11.8 Å². The molecule has 2 heteroatoms. The number of thioether (sulfide) groups is 1. The third-order valence-electron chi connectivity index (χ3n) is 2.11. The zero-order chi connectivity index (χ0) is 12.7. The van der Waals surface area contributed by atoms with Gasteiger partial charge >= 0.3 is 0 Å². The number of Topliss-reactive ketones (excluding diaryl/α,β-unsaturated/α-hetero) is 1.